The Morgan fingerprint density at radius 1 is 1.17 bits per heavy atom. The van der Waals surface area contributed by atoms with E-state index in [0.29, 0.717) is 12.2 Å². The molecule has 2 aromatic rings. The number of hydrogen-bond acceptors (Lipinski definition) is 4. The highest BCUT2D eigenvalue weighted by Crippen LogP contribution is 2.23. The van der Waals surface area contributed by atoms with Crippen molar-refractivity contribution in [3.63, 3.8) is 0 Å². The molecule has 1 aromatic heterocycles. The van der Waals surface area contributed by atoms with Crippen molar-refractivity contribution in [2.75, 3.05) is 6.54 Å². The Kier molecular flexibility index (Phi) is 4.34. The number of benzene rings is 1. The van der Waals surface area contributed by atoms with Gasteiger partial charge in [0, 0.05) is 19.0 Å². The van der Waals surface area contributed by atoms with Crippen molar-refractivity contribution in [3.05, 3.63) is 59.5 Å². The van der Waals surface area contributed by atoms with Gasteiger partial charge in [-0.05, 0) is 31.5 Å². The lowest BCUT2D eigenvalue weighted by molar-refractivity contribution is -0.141. The lowest BCUT2D eigenvalue weighted by Gasteiger charge is -2.19. The van der Waals surface area contributed by atoms with Crippen LogP contribution >= 0.6 is 0 Å². The molecular weight excluding hydrogens is 306 g/mol. The highest BCUT2D eigenvalue weighted by molar-refractivity contribution is 6.43. The Morgan fingerprint density at radius 2 is 1.88 bits per heavy atom. The number of amides is 1. The van der Waals surface area contributed by atoms with Gasteiger partial charge in [0.25, 0.3) is 5.91 Å². The minimum absolute atomic E-state index is 0.107. The van der Waals surface area contributed by atoms with Crippen LogP contribution in [0.25, 0.3) is 0 Å². The van der Waals surface area contributed by atoms with E-state index in [4.69, 9.17) is 4.42 Å². The van der Waals surface area contributed by atoms with Crippen molar-refractivity contribution in [1.29, 1.82) is 0 Å². The molecule has 0 saturated carbocycles. The van der Waals surface area contributed by atoms with Gasteiger partial charge in [-0.25, -0.2) is 0 Å². The zero-order chi connectivity index (χ0) is 17.3. The van der Waals surface area contributed by atoms with E-state index >= 15 is 0 Å². The van der Waals surface area contributed by atoms with Gasteiger partial charge in [0.15, 0.2) is 5.76 Å². The maximum atomic E-state index is 12.5. The highest BCUT2D eigenvalue weighted by atomic mass is 16.3. The van der Waals surface area contributed by atoms with Crippen LogP contribution < -0.4 is 0 Å². The second kappa shape index (κ2) is 6.43. The standard InChI is InChI=1S/C19H19NO4/c1-12(2)20-11-15(18(22)19(20)23)17(21)16-9-8-14(24-16)10-13-6-4-3-5-7-13/h3-9,12,15H,10-11H2,1-2H3. The lowest BCUT2D eigenvalue weighted by atomic mass is 10.0. The third-order valence-electron chi connectivity index (χ3n) is 4.23. The summed E-state index contributed by atoms with van der Waals surface area (Å²) in [5.74, 6) is -1.82. The van der Waals surface area contributed by atoms with Gasteiger partial charge in [0.05, 0.1) is 0 Å². The quantitative estimate of drug-likeness (QED) is 0.481. The van der Waals surface area contributed by atoms with Crippen molar-refractivity contribution in [1.82, 2.24) is 4.90 Å². The normalized spacial score (nSPS) is 17.8. The van der Waals surface area contributed by atoms with Crippen LogP contribution in [0.1, 0.15) is 35.7 Å². The minimum atomic E-state index is -0.962. The first-order chi connectivity index (χ1) is 11.5. The molecule has 1 aliphatic heterocycles. The van der Waals surface area contributed by atoms with Gasteiger partial charge in [-0.1, -0.05) is 30.3 Å². The van der Waals surface area contributed by atoms with E-state index in [0.717, 1.165) is 5.56 Å². The molecule has 5 heteroatoms. The number of rotatable bonds is 5. The number of Topliss-reactive ketones (excluding diaryl/α,β-unsaturated/α-hetero) is 2. The third-order valence-corrected chi connectivity index (χ3v) is 4.23. The Morgan fingerprint density at radius 3 is 2.50 bits per heavy atom. The zero-order valence-electron chi connectivity index (χ0n) is 13.7. The Hall–Kier alpha value is -2.69. The van der Waals surface area contributed by atoms with E-state index in [-0.39, 0.29) is 18.3 Å². The van der Waals surface area contributed by atoms with Gasteiger partial charge < -0.3 is 9.32 Å². The summed E-state index contributed by atoms with van der Waals surface area (Å²) < 4.78 is 5.61. The van der Waals surface area contributed by atoms with Crippen LogP contribution in [-0.4, -0.2) is 35.0 Å². The second-order valence-electron chi connectivity index (χ2n) is 6.26. The summed E-state index contributed by atoms with van der Waals surface area (Å²) in [5, 5.41) is 0. The molecule has 1 unspecified atom stereocenters. The maximum absolute atomic E-state index is 12.5. The molecule has 1 aliphatic rings. The highest BCUT2D eigenvalue weighted by Gasteiger charge is 2.44. The number of furan rings is 1. The van der Waals surface area contributed by atoms with E-state index < -0.39 is 23.4 Å². The predicted molar refractivity (Wildman–Crippen MR) is 87.6 cm³/mol. The van der Waals surface area contributed by atoms with Crippen LogP contribution in [0, 0.1) is 5.92 Å². The van der Waals surface area contributed by atoms with Crippen LogP contribution in [0.2, 0.25) is 0 Å². The first-order valence-electron chi connectivity index (χ1n) is 7.99. The summed E-state index contributed by atoms with van der Waals surface area (Å²) in [7, 11) is 0. The number of carbonyl (C=O) groups excluding carboxylic acids is 3. The van der Waals surface area contributed by atoms with Gasteiger partial charge in [-0.2, -0.15) is 0 Å². The molecule has 1 aromatic carbocycles. The molecule has 2 heterocycles. The number of carbonyl (C=O) groups is 3. The SMILES string of the molecule is CC(C)N1CC(C(=O)c2ccc(Cc3ccccc3)o2)C(=O)C1=O. The molecule has 0 spiro atoms. The van der Waals surface area contributed by atoms with Gasteiger partial charge in [-0.3, -0.25) is 14.4 Å². The summed E-state index contributed by atoms with van der Waals surface area (Å²) in [6.07, 6.45) is 0.573. The molecule has 24 heavy (non-hydrogen) atoms. The molecule has 0 aliphatic carbocycles. The van der Waals surface area contributed by atoms with E-state index in [1.165, 1.54) is 4.90 Å². The summed E-state index contributed by atoms with van der Waals surface area (Å²) in [4.78, 5) is 38.0. The molecule has 1 amide bonds. The van der Waals surface area contributed by atoms with E-state index in [1.54, 1.807) is 12.1 Å². The monoisotopic (exact) mass is 325 g/mol. The molecular formula is C19H19NO4. The third kappa shape index (κ3) is 3.02. The Balaban J connectivity index is 1.74. The average Bonchev–Trinajstić information content (AvgIpc) is 3.14. The molecule has 0 bridgehead atoms. The topological polar surface area (TPSA) is 67.6 Å². The van der Waals surface area contributed by atoms with Crippen molar-refractivity contribution in [2.24, 2.45) is 5.92 Å². The lowest BCUT2D eigenvalue weighted by Crippen LogP contribution is -2.33. The fraction of sp³-hybridized carbons (Fsp3) is 0.316. The van der Waals surface area contributed by atoms with E-state index in [9.17, 15) is 14.4 Å². The summed E-state index contributed by atoms with van der Waals surface area (Å²) >= 11 is 0. The first kappa shape index (κ1) is 16.2. The molecule has 124 valence electrons. The Bertz CT molecular complexity index is 776. The average molecular weight is 325 g/mol. The largest absolute Gasteiger partial charge is 0.458 e. The first-order valence-corrected chi connectivity index (χ1v) is 7.99. The van der Waals surface area contributed by atoms with Gasteiger partial charge in [0.2, 0.25) is 11.6 Å². The fourth-order valence-corrected chi connectivity index (χ4v) is 2.87. The molecule has 1 saturated heterocycles. The Labute approximate surface area is 140 Å². The molecule has 5 nitrogen and oxygen atoms in total. The molecule has 1 fully saturated rings. The summed E-state index contributed by atoms with van der Waals surface area (Å²) in [5.41, 5.74) is 1.07. The van der Waals surface area contributed by atoms with Gasteiger partial charge >= 0.3 is 0 Å². The van der Waals surface area contributed by atoms with Gasteiger partial charge in [-0.15, -0.1) is 0 Å². The van der Waals surface area contributed by atoms with E-state index in [2.05, 4.69) is 0 Å². The smallest absolute Gasteiger partial charge is 0.291 e. The van der Waals surface area contributed by atoms with Crippen LogP contribution in [0.15, 0.2) is 46.9 Å². The zero-order valence-corrected chi connectivity index (χ0v) is 13.7. The predicted octanol–water partition coefficient (Wildman–Crippen LogP) is 2.49. The number of ketones is 2. The van der Waals surface area contributed by atoms with Crippen molar-refractivity contribution >= 4 is 17.5 Å². The summed E-state index contributed by atoms with van der Waals surface area (Å²) in [6, 6.07) is 13.0. The van der Waals surface area contributed by atoms with Crippen molar-refractivity contribution in [2.45, 2.75) is 26.3 Å². The number of hydrogen-bond donors (Lipinski definition) is 0. The molecule has 0 radical (unpaired) electrons. The fourth-order valence-electron chi connectivity index (χ4n) is 2.87. The molecule has 0 N–H and O–H groups in total. The second-order valence-corrected chi connectivity index (χ2v) is 6.26. The molecule has 3 rings (SSSR count). The van der Waals surface area contributed by atoms with Crippen molar-refractivity contribution in [3.8, 4) is 0 Å². The van der Waals surface area contributed by atoms with Crippen LogP contribution in [0.3, 0.4) is 0 Å². The van der Waals surface area contributed by atoms with Crippen molar-refractivity contribution < 1.29 is 18.8 Å². The van der Waals surface area contributed by atoms with Crippen LogP contribution in [-0.2, 0) is 16.0 Å². The van der Waals surface area contributed by atoms with Crippen LogP contribution in [0.4, 0.5) is 0 Å². The maximum Gasteiger partial charge on any atom is 0.291 e. The number of likely N-dealkylation sites (tertiary alicyclic amines) is 1. The minimum Gasteiger partial charge on any atom is -0.458 e. The molecule has 1 atom stereocenters. The van der Waals surface area contributed by atoms with E-state index in [1.807, 2.05) is 44.2 Å². The van der Waals surface area contributed by atoms with Crippen LogP contribution in [0.5, 0.6) is 0 Å². The summed E-state index contributed by atoms with van der Waals surface area (Å²) in [6.45, 7) is 3.77. The van der Waals surface area contributed by atoms with Gasteiger partial charge in [0.1, 0.15) is 11.7 Å². The number of nitrogens with zero attached hydrogens (tertiary/aromatic N) is 1.